The van der Waals surface area contributed by atoms with Crippen LogP contribution >= 0.6 is 0 Å². The summed E-state index contributed by atoms with van der Waals surface area (Å²) >= 11 is 0. The number of esters is 1. The van der Waals surface area contributed by atoms with Gasteiger partial charge in [-0.15, -0.1) is 0 Å². The van der Waals surface area contributed by atoms with E-state index in [1.54, 1.807) is 46.5 Å². The number of ether oxygens (including phenoxy) is 1. The standard InChI is InChI=1S/C22H22N4O3/c1-29-21(28)22(18-5-3-2-4-6-18)9-12-25(13-10-22)20(27)17-7-8-19(24-15-17)26-14-11-23-16-26/h2-8,11,14-16H,9-10,12-13H2,1H3. The summed E-state index contributed by atoms with van der Waals surface area (Å²) in [7, 11) is 1.41. The van der Waals surface area contributed by atoms with E-state index in [0.717, 1.165) is 5.56 Å². The van der Waals surface area contributed by atoms with Crippen LogP contribution in [-0.2, 0) is 14.9 Å². The van der Waals surface area contributed by atoms with Gasteiger partial charge in [0.1, 0.15) is 12.1 Å². The van der Waals surface area contributed by atoms with Crippen LogP contribution < -0.4 is 0 Å². The first-order chi connectivity index (χ1) is 14.1. The number of carbonyl (C=O) groups excluding carboxylic acids is 2. The molecule has 0 bridgehead atoms. The maximum atomic E-state index is 12.9. The molecule has 0 radical (unpaired) electrons. The number of rotatable bonds is 4. The molecule has 0 unspecified atom stereocenters. The molecule has 148 valence electrons. The highest BCUT2D eigenvalue weighted by atomic mass is 16.5. The summed E-state index contributed by atoms with van der Waals surface area (Å²) in [5, 5.41) is 0. The van der Waals surface area contributed by atoms with Crippen LogP contribution in [0.3, 0.4) is 0 Å². The third kappa shape index (κ3) is 3.51. The molecule has 0 aliphatic carbocycles. The fraction of sp³-hybridized carbons (Fsp3) is 0.273. The summed E-state index contributed by atoms with van der Waals surface area (Å²) in [5.41, 5.74) is 0.750. The third-order valence-electron chi connectivity index (χ3n) is 5.57. The zero-order valence-electron chi connectivity index (χ0n) is 16.2. The number of methoxy groups -OCH3 is 1. The van der Waals surface area contributed by atoms with Crippen molar-refractivity contribution in [2.75, 3.05) is 20.2 Å². The zero-order chi connectivity index (χ0) is 20.3. The second kappa shape index (κ2) is 7.87. The van der Waals surface area contributed by atoms with E-state index in [4.69, 9.17) is 4.74 Å². The first-order valence-corrected chi connectivity index (χ1v) is 9.52. The Balaban J connectivity index is 1.49. The van der Waals surface area contributed by atoms with Gasteiger partial charge in [-0.25, -0.2) is 9.97 Å². The normalized spacial score (nSPS) is 15.7. The molecular formula is C22H22N4O3. The molecule has 0 N–H and O–H groups in total. The van der Waals surface area contributed by atoms with Gasteiger partial charge in [0.2, 0.25) is 0 Å². The Bertz CT molecular complexity index is 977. The number of carbonyl (C=O) groups is 2. The Kier molecular flexibility index (Phi) is 5.12. The van der Waals surface area contributed by atoms with Gasteiger partial charge in [0, 0.05) is 31.7 Å². The van der Waals surface area contributed by atoms with E-state index in [1.165, 1.54) is 7.11 Å². The van der Waals surface area contributed by atoms with Crippen molar-refractivity contribution in [1.29, 1.82) is 0 Å². The van der Waals surface area contributed by atoms with Crippen LogP contribution in [0.4, 0.5) is 0 Å². The Morgan fingerprint density at radius 1 is 1.07 bits per heavy atom. The lowest BCUT2D eigenvalue weighted by molar-refractivity contribution is -0.149. The second-order valence-corrected chi connectivity index (χ2v) is 7.11. The smallest absolute Gasteiger partial charge is 0.316 e. The molecule has 0 atom stereocenters. The van der Waals surface area contributed by atoms with Crippen LogP contribution in [0.5, 0.6) is 0 Å². The lowest BCUT2D eigenvalue weighted by Crippen LogP contribution is -2.49. The van der Waals surface area contributed by atoms with Gasteiger partial charge >= 0.3 is 5.97 Å². The number of hydrogen-bond donors (Lipinski definition) is 0. The summed E-state index contributed by atoms with van der Waals surface area (Å²) in [6.07, 6.45) is 7.76. The fourth-order valence-electron chi connectivity index (χ4n) is 3.90. The maximum absolute atomic E-state index is 12.9. The van der Waals surface area contributed by atoms with Crippen molar-refractivity contribution in [3.05, 3.63) is 78.5 Å². The van der Waals surface area contributed by atoms with Crippen LogP contribution in [0.25, 0.3) is 5.82 Å². The van der Waals surface area contributed by atoms with Crippen LogP contribution in [0, 0.1) is 0 Å². The molecule has 1 amide bonds. The van der Waals surface area contributed by atoms with E-state index in [2.05, 4.69) is 9.97 Å². The van der Waals surface area contributed by atoms with E-state index in [1.807, 2.05) is 30.3 Å². The summed E-state index contributed by atoms with van der Waals surface area (Å²) in [6, 6.07) is 13.2. The van der Waals surface area contributed by atoms with Crippen LogP contribution in [-0.4, -0.2) is 51.5 Å². The molecule has 7 nitrogen and oxygen atoms in total. The molecule has 29 heavy (non-hydrogen) atoms. The number of piperidine rings is 1. The van der Waals surface area contributed by atoms with Crippen molar-refractivity contribution in [1.82, 2.24) is 19.4 Å². The number of hydrogen-bond acceptors (Lipinski definition) is 5. The lowest BCUT2D eigenvalue weighted by Gasteiger charge is -2.40. The molecule has 1 fully saturated rings. The number of likely N-dealkylation sites (tertiary alicyclic amines) is 1. The Labute approximate surface area is 169 Å². The summed E-state index contributed by atoms with van der Waals surface area (Å²) < 4.78 is 6.89. The maximum Gasteiger partial charge on any atom is 0.316 e. The first-order valence-electron chi connectivity index (χ1n) is 9.52. The zero-order valence-corrected chi connectivity index (χ0v) is 16.2. The van der Waals surface area contributed by atoms with Crippen LogP contribution in [0.1, 0.15) is 28.8 Å². The molecular weight excluding hydrogens is 368 g/mol. The minimum Gasteiger partial charge on any atom is -0.468 e. The van der Waals surface area contributed by atoms with Crippen molar-refractivity contribution >= 4 is 11.9 Å². The summed E-state index contributed by atoms with van der Waals surface area (Å²) in [4.78, 5) is 35.7. The van der Waals surface area contributed by atoms with Gasteiger partial charge in [0.25, 0.3) is 5.91 Å². The molecule has 3 heterocycles. The first kappa shape index (κ1) is 18.9. The minimum atomic E-state index is -0.712. The van der Waals surface area contributed by atoms with Gasteiger partial charge in [-0.2, -0.15) is 0 Å². The molecule has 1 saturated heterocycles. The van der Waals surface area contributed by atoms with E-state index in [-0.39, 0.29) is 11.9 Å². The number of aromatic nitrogens is 3. The highest BCUT2D eigenvalue weighted by Gasteiger charge is 2.44. The molecule has 1 aliphatic rings. The number of nitrogens with zero attached hydrogens (tertiary/aromatic N) is 4. The van der Waals surface area contributed by atoms with Gasteiger partial charge in [-0.05, 0) is 30.5 Å². The lowest BCUT2D eigenvalue weighted by atomic mass is 9.72. The minimum absolute atomic E-state index is 0.0822. The van der Waals surface area contributed by atoms with Crippen molar-refractivity contribution < 1.29 is 14.3 Å². The average molecular weight is 390 g/mol. The fourth-order valence-corrected chi connectivity index (χ4v) is 3.90. The number of pyridine rings is 1. The van der Waals surface area contributed by atoms with Crippen molar-refractivity contribution in [2.45, 2.75) is 18.3 Å². The largest absolute Gasteiger partial charge is 0.468 e. The van der Waals surface area contributed by atoms with Gasteiger partial charge in [-0.1, -0.05) is 30.3 Å². The molecule has 0 spiro atoms. The predicted octanol–water partition coefficient (Wildman–Crippen LogP) is 2.61. The van der Waals surface area contributed by atoms with Crippen molar-refractivity contribution in [3.8, 4) is 5.82 Å². The Morgan fingerprint density at radius 2 is 1.83 bits per heavy atom. The monoisotopic (exact) mass is 390 g/mol. The van der Waals surface area contributed by atoms with Gasteiger partial charge in [0.05, 0.1) is 18.1 Å². The van der Waals surface area contributed by atoms with Crippen molar-refractivity contribution in [3.63, 3.8) is 0 Å². The van der Waals surface area contributed by atoms with E-state index < -0.39 is 5.41 Å². The van der Waals surface area contributed by atoms with E-state index >= 15 is 0 Å². The Morgan fingerprint density at radius 3 is 2.41 bits per heavy atom. The quantitative estimate of drug-likeness (QED) is 0.640. The van der Waals surface area contributed by atoms with Crippen LogP contribution in [0.15, 0.2) is 67.4 Å². The van der Waals surface area contributed by atoms with E-state index in [9.17, 15) is 9.59 Å². The highest BCUT2D eigenvalue weighted by molar-refractivity contribution is 5.94. The topological polar surface area (TPSA) is 77.3 Å². The number of benzene rings is 1. The molecule has 7 heteroatoms. The average Bonchev–Trinajstić information content (AvgIpc) is 3.34. The molecule has 3 aromatic rings. The summed E-state index contributed by atoms with van der Waals surface area (Å²) in [6.45, 7) is 0.957. The second-order valence-electron chi connectivity index (χ2n) is 7.11. The molecule has 0 saturated carbocycles. The summed E-state index contributed by atoms with van der Waals surface area (Å²) in [5.74, 6) is 0.370. The van der Waals surface area contributed by atoms with Crippen LogP contribution in [0.2, 0.25) is 0 Å². The SMILES string of the molecule is COC(=O)C1(c2ccccc2)CCN(C(=O)c2ccc(-n3ccnc3)nc2)CC1. The highest BCUT2D eigenvalue weighted by Crippen LogP contribution is 2.37. The molecule has 1 aliphatic heterocycles. The van der Waals surface area contributed by atoms with Gasteiger partial charge in [0.15, 0.2) is 0 Å². The third-order valence-corrected chi connectivity index (χ3v) is 5.57. The van der Waals surface area contributed by atoms with E-state index in [0.29, 0.717) is 37.3 Å². The van der Waals surface area contributed by atoms with Crippen molar-refractivity contribution in [2.24, 2.45) is 0 Å². The molecule has 1 aromatic carbocycles. The molecule has 4 rings (SSSR count). The molecule has 2 aromatic heterocycles. The predicted molar refractivity (Wildman–Crippen MR) is 107 cm³/mol. The number of amides is 1. The van der Waals surface area contributed by atoms with Gasteiger partial charge in [-0.3, -0.25) is 14.2 Å². The Hall–Kier alpha value is -3.48. The van der Waals surface area contributed by atoms with Gasteiger partial charge < -0.3 is 9.64 Å². The number of imidazole rings is 1.